The van der Waals surface area contributed by atoms with Gasteiger partial charge in [-0.25, -0.2) is 9.97 Å². The summed E-state index contributed by atoms with van der Waals surface area (Å²) in [4.78, 5) is 22.5. The van der Waals surface area contributed by atoms with E-state index >= 15 is 0 Å². The van der Waals surface area contributed by atoms with E-state index in [4.69, 9.17) is 16.6 Å². The van der Waals surface area contributed by atoms with Crippen molar-refractivity contribution in [2.45, 2.75) is 31.6 Å². The average molecular weight is 472 g/mol. The molecule has 0 radical (unpaired) electrons. The number of rotatable bonds is 4. The molecule has 3 aromatic rings. The lowest BCUT2D eigenvalue weighted by Gasteiger charge is -2.23. The lowest BCUT2D eigenvalue weighted by atomic mass is 9.98. The number of carbonyl (C=O) groups is 1. The van der Waals surface area contributed by atoms with Gasteiger partial charge in [0.1, 0.15) is 17.3 Å². The number of hydrogen-bond acceptors (Lipinski definition) is 7. The number of hydrogen-bond donors (Lipinski definition) is 4. The van der Waals surface area contributed by atoms with E-state index < -0.39 is 23.7 Å². The molecule has 2 aliphatic rings. The summed E-state index contributed by atoms with van der Waals surface area (Å²) < 4.78 is 2.45. The van der Waals surface area contributed by atoms with Gasteiger partial charge in [0.05, 0.1) is 38.8 Å². The predicted octanol–water partition coefficient (Wildman–Crippen LogP) is 2.01. The van der Waals surface area contributed by atoms with Crippen LogP contribution in [0.2, 0.25) is 4.34 Å². The maximum absolute atomic E-state index is 12.5. The highest BCUT2D eigenvalue weighted by atomic mass is 35.5. The maximum Gasteiger partial charge on any atom is 0.229 e. The molecule has 8 nitrogen and oxygen atoms in total. The van der Waals surface area contributed by atoms with Crippen LogP contribution < -0.4 is 10.6 Å². The Morgan fingerprint density at radius 2 is 2.22 bits per heavy atom. The molecule has 2 aliphatic carbocycles. The van der Waals surface area contributed by atoms with Gasteiger partial charge in [-0.1, -0.05) is 11.6 Å². The molecular formula is C22H22ClN5O3S. The van der Waals surface area contributed by atoms with Crippen molar-refractivity contribution in [2.24, 2.45) is 11.3 Å². The number of aromatic nitrogens is 3. The second-order valence-corrected chi connectivity index (χ2v) is 9.83. The molecule has 5 atom stereocenters. The van der Waals surface area contributed by atoms with Gasteiger partial charge in [-0.05, 0) is 43.4 Å². The summed E-state index contributed by atoms with van der Waals surface area (Å²) in [6.07, 6.45) is -0.118. The van der Waals surface area contributed by atoms with Crippen LogP contribution >= 0.6 is 22.9 Å². The van der Waals surface area contributed by atoms with E-state index in [0.717, 1.165) is 10.6 Å². The highest BCUT2D eigenvalue weighted by molar-refractivity contribution is 7.16. The Morgan fingerprint density at radius 1 is 1.41 bits per heavy atom. The van der Waals surface area contributed by atoms with Crippen molar-refractivity contribution in [3.05, 3.63) is 39.4 Å². The number of aliphatic hydroxyl groups excluding tert-OH is 2. The van der Waals surface area contributed by atoms with Gasteiger partial charge < -0.3 is 25.4 Å². The van der Waals surface area contributed by atoms with Gasteiger partial charge in [0, 0.05) is 19.5 Å². The zero-order chi connectivity index (χ0) is 22.6. The molecule has 10 heteroatoms. The molecule has 4 N–H and O–H groups in total. The smallest absolute Gasteiger partial charge is 0.229 e. The predicted molar refractivity (Wildman–Crippen MR) is 123 cm³/mol. The fraction of sp³-hybridized carbons (Fsp3) is 0.409. The molecule has 3 aromatic heterocycles. The van der Waals surface area contributed by atoms with Crippen molar-refractivity contribution >= 4 is 45.7 Å². The Kier molecular flexibility index (Phi) is 5.13. The van der Waals surface area contributed by atoms with Crippen molar-refractivity contribution in [3.63, 3.8) is 0 Å². The van der Waals surface area contributed by atoms with Crippen LogP contribution in [0.1, 0.15) is 30.0 Å². The Hall–Kier alpha value is -2.64. The minimum atomic E-state index is -1.14. The van der Waals surface area contributed by atoms with Gasteiger partial charge in [0.2, 0.25) is 5.91 Å². The molecule has 5 rings (SSSR count). The van der Waals surface area contributed by atoms with Crippen molar-refractivity contribution in [1.29, 1.82) is 0 Å². The summed E-state index contributed by atoms with van der Waals surface area (Å²) >= 11 is 7.39. The van der Waals surface area contributed by atoms with Crippen LogP contribution in [0.25, 0.3) is 11.2 Å². The fourth-order valence-electron chi connectivity index (χ4n) is 4.91. The van der Waals surface area contributed by atoms with Crippen LogP contribution in [0.4, 0.5) is 5.69 Å². The zero-order valence-corrected chi connectivity index (χ0v) is 19.0. The standard InChI is InChI=1S/C22H22ClN5O3S/c1-3-25-14-8-11(4-5-12-6-7-15(23)32-12)27-20-16(14)26-10-28(20)17-13-9-22(13,21(31)24-2)19(30)18(17)29/h6-8,10,13,17-19,29-30H,3,9H2,1-2H3,(H,24,31)(H,25,27)/t13-,17-,18?,19?,22+/m1/s1. The molecule has 166 valence electrons. The van der Waals surface area contributed by atoms with Crippen LogP contribution in [0.15, 0.2) is 24.5 Å². The summed E-state index contributed by atoms with van der Waals surface area (Å²) in [5.74, 6) is 5.72. The third-order valence-electron chi connectivity index (χ3n) is 6.43. The monoisotopic (exact) mass is 471 g/mol. The van der Waals surface area contributed by atoms with Gasteiger partial charge in [-0.15, -0.1) is 11.3 Å². The van der Waals surface area contributed by atoms with Crippen LogP contribution in [0.3, 0.4) is 0 Å². The number of halogens is 1. The first-order valence-corrected chi connectivity index (χ1v) is 11.6. The molecular weight excluding hydrogens is 450 g/mol. The van der Waals surface area contributed by atoms with Gasteiger partial charge in [0.25, 0.3) is 0 Å². The molecule has 0 aliphatic heterocycles. The minimum absolute atomic E-state index is 0.197. The zero-order valence-electron chi connectivity index (χ0n) is 17.5. The number of thiophene rings is 1. The summed E-state index contributed by atoms with van der Waals surface area (Å²) in [6, 6.07) is 4.99. The Morgan fingerprint density at radius 3 is 2.91 bits per heavy atom. The number of imidazole rings is 1. The van der Waals surface area contributed by atoms with E-state index in [9.17, 15) is 15.0 Å². The summed E-state index contributed by atoms with van der Waals surface area (Å²) in [6.45, 7) is 2.67. The number of fused-ring (bicyclic) bond motifs is 2. The molecule has 0 aromatic carbocycles. The van der Waals surface area contributed by atoms with E-state index in [1.807, 2.05) is 19.1 Å². The summed E-state index contributed by atoms with van der Waals surface area (Å²) in [7, 11) is 1.54. The van der Waals surface area contributed by atoms with E-state index in [1.54, 1.807) is 24.0 Å². The largest absolute Gasteiger partial charge is 0.389 e. The number of anilines is 1. The third-order valence-corrected chi connectivity index (χ3v) is 7.57. The van der Waals surface area contributed by atoms with Crippen LogP contribution in [-0.4, -0.2) is 56.5 Å². The van der Waals surface area contributed by atoms with Gasteiger partial charge in [-0.2, -0.15) is 0 Å². The Labute approximate surface area is 193 Å². The normalized spacial score (nSPS) is 28.2. The molecule has 2 fully saturated rings. The van der Waals surface area contributed by atoms with E-state index in [2.05, 4.69) is 27.5 Å². The maximum atomic E-state index is 12.5. The van der Waals surface area contributed by atoms with Gasteiger partial charge in [-0.3, -0.25) is 4.79 Å². The Balaban J connectivity index is 1.59. The number of aliphatic hydroxyl groups is 2. The first-order chi connectivity index (χ1) is 15.4. The molecule has 2 saturated carbocycles. The summed E-state index contributed by atoms with van der Waals surface area (Å²) in [5, 5.41) is 27.5. The van der Waals surface area contributed by atoms with Crippen LogP contribution in [0.5, 0.6) is 0 Å². The highest BCUT2D eigenvalue weighted by Gasteiger charge is 2.75. The quantitative estimate of drug-likeness (QED) is 0.433. The third kappa shape index (κ3) is 3.10. The SMILES string of the molecule is CCNc1cc(C#Cc2ccc(Cl)s2)nc2c1ncn2[C@H]1C(O)C(O)[C@]2(C(=O)NC)C[C@H]12. The second-order valence-electron chi connectivity index (χ2n) is 8.12. The van der Waals surface area contributed by atoms with Crippen LogP contribution in [0, 0.1) is 23.2 Å². The van der Waals surface area contributed by atoms with E-state index in [1.165, 1.54) is 11.3 Å². The van der Waals surface area contributed by atoms with Crippen LogP contribution in [-0.2, 0) is 4.79 Å². The number of nitrogens with zero attached hydrogens (tertiary/aromatic N) is 3. The van der Waals surface area contributed by atoms with E-state index in [0.29, 0.717) is 34.2 Å². The van der Waals surface area contributed by atoms with Crippen molar-refractivity contribution in [1.82, 2.24) is 19.9 Å². The lowest BCUT2D eigenvalue weighted by molar-refractivity contribution is -0.132. The van der Waals surface area contributed by atoms with E-state index in [-0.39, 0.29) is 11.8 Å². The number of pyridine rings is 1. The first-order valence-electron chi connectivity index (χ1n) is 10.4. The van der Waals surface area contributed by atoms with Crippen molar-refractivity contribution in [3.8, 4) is 11.8 Å². The molecule has 0 spiro atoms. The lowest BCUT2D eigenvalue weighted by Crippen LogP contribution is -2.41. The fourth-order valence-corrected chi connectivity index (χ4v) is 5.80. The molecule has 0 bridgehead atoms. The second kappa shape index (κ2) is 7.74. The number of carbonyl (C=O) groups excluding carboxylic acids is 1. The van der Waals surface area contributed by atoms with Crippen molar-refractivity contribution in [2.75, 3.05) is 18.9 Å². The number of amides is 1. The minimum Gasteiger partial charge on any atom is -0.389 e. The molecule has 3 heterocycles. The average Bonchev–Trinajstić information content (AvgIpc) is 3.03. The first kappa shape index (κ1) is 21.2. The highest BCUT2D eigenvalue weighted by Crippen LogP contribution is 2.67. The number of nitrogens with one attached hydrogen (secondary N) is 2. The van der Waals surface area contributed by atoms with Crippen molar-refractivity contribution < 1.29 is 15.0 Å². The molecule has 0 saturated heterocycles. The molecule has 1 amide bonds. The van der Waals surface area contributed by atoms with Gasteiger partial charge in [0.15, 0.2) is 5.65 Å². The molecule has 2 unspecified atom stereocenters. The molecule has 32 heavy (non-hydrogen) atoms. The topological polar surface area (TPSA) is 112 Å². The summed E-state index contributed by atoms with van der Waals surface area (Å²) in [5.41, 5.74) is 1.56. The Bertz CT molecular complexity index is 1280. The van der Waals surface area contributed by atoms with Gasteiger partial charge >= 0.3 is 0 Å².